The molecule has 0 aliphatic heterocycles. The van der Waals surface area contributed by atoms with Crippen molar-refractivity contribution in [3.05, 3.63) is 52.5 Å². The van der Waals surface area contributed by atoms with Crippen LogP contribution >= 0.6 is 0 Å². The molecule has 3 rings (SSSR count). The molecule has 0 saturated carbocycles. The molecule has 132 valence electrons. The van der Waals surface area contributed by atoms with Crippen LogP contribution in [0.15, 0.2) is 38.7 Å². The molecule has 0 unspecified atom stereocenters. The maximum absolute atomic E-state index is 12.4. The smallest absolute Gasteiger partial charge is 0.284 e. The molecule has 0 atom stereocenters. The Hall–Kier alpha value is -2.61. The Morgan fingerprint density at radius 1 is 1.20 bits per heavy atom. The second-order valence-corrected chi connectivity index (χ2v) is 7.70. The van der Waals surface area contributed by atoms with Crippen LogP contribution in [0.1, 0.15) is 45.8 Å². The van der Waals surface area contributed by atoms with E-state index < -0.39 is 15.9 Å². The van der Waals surface area contributed by atoms with Gasteiger partial charge in [0.15, 0.2) is 5.76 Å². The van der Waals surface area contributed by atoms with Gasteiger partial charge in [0.2, 0.25) is 0 Å². The Morgan fingerprint density at radius 2 is 1.88 bits per heavy atom. The van der Waals surface area contributed by atoms with Gasteiger partial charge in [0.05, 0.1) is 10.6 Å². The molecule has 0 fully saturated rings. The third-order valence-electron chi connectivity index (χ3n) is 4.18. The summed E-state index contributed by atoms with van der Waals surface area (Å²) in [6, 6.07) is 6.50. The van der Waals surface area contributed by atoms with Gasteiger partial charge < -0.3 is 10.2 Å². The van der Waals surface area contributed by atoms with Crippen LogP contribution in [-0.2, 0) is 16.4 Å². The fourth-order valence-corrected chi connectivity index (χ4v) is 3.73. The van der Waals surface area contributed by atoms with Gasteiger partial charge in [-0.15, -0.1) is 0 Å². The topological polar surface area (TPSA) is 115 Å². The highest BCUT2D eigenvalue weighted by Crippen LogP contribution is 2.29. The Labute approximate surface area is 146 Å². The number of benzene rings is 1. The molecule has 0 spiro atoms. The van der Waals surface area contributed by atoms with E-state index in [1.165, 1.54) is 12.1 Å². The fraction of sp³-hybridized carbons (Fsp3) is 0.294. The average Bonchev–Trinajstić information content (AvgIpc) is 2.91. The van der Waals surface area contributed by atoms with Crippen molar-refractivity contribution in [1.82, 2.24) is 4.83 Å². The largest absolute Gasteiger partial charge is 0.455 e. The van der Waals surface area contributed by atoms with Crippen molar-refractivity contribution in [3.63, 3.8) is 0 Å². The van der Waals surface area contributed by atoms with Crippen LogP contribution in [0.5, 0.6) is 0 Å². The molecule has 1 aliphatic carbocycles. The summed E-state index contributed by atoms with van der Waals surface area (Å²) in [5.41, 5.74) is 8.10. The van der Waals surface area contributed by atoms with Gasteiger partial charge in [0.25, 0.3) is 15.9 Å². The number of amides is 1. The number of fused-ring (bicyclic) bond motifs is 1. The van der Waals surface area contributed by atoms with Crippen molar-refractivity contribution in [1.29, 1.82) is 0 Å². The number of aryl methyl sites for hydroxylation is 2. The van der Waals surface area contributed by atoms with E-state index in [4.69, 9.17) is 10.2 Å². The molecule has 25 heavy (non-hydrogen) atoms. The Bertz CT molecular complexity index is 957. The Morgan fingerprint density at radius 3 is 2.52 bits per heavy atom. The van der Waals surface area contributed by atoms with Crippen molar-refractivity contribution in [3.8, 4) is 0 Å². The predicted molar refractivity (Wildman–Crippen MR) is 92.9 cm³/mol. The molecule has 1 aromatic carbocycles. The van der Waals surface area contributed by atoms with Crippen molar-refractivity contribution >= 4 is 21.6 Å². The predicted octanol–water partition coefficient (Wildman–Crippen LogP) is 2.01. The number of carbonyl (C=O) groups is 1. The molecule has 0 saturated heterocycles. The summed E-state index contributed by atoms with van der Waals surface area (Å²) >= 11 is 0. The highest BCUT2D eigenvalue weighted by molar-refractivity contribution is 7.89. The minimum absolute atomic E-state index is 0.0981. The number of sulfonamides is 1. The number of primary amides is 1. The molecule has 8 heteroatoms. The summed E-state index contributed by atoms with van der Waals surface area (Å²) in [6.45, 7) is 3.60. The third kappa shape index (κ3) is 3.30. The number of hydrogen-bond acceptors (Lipinski definition) is 5. The van der Waals surface area contributed by atoms with Crippen LogP contribution in [0.3, 0.4) is 0 Å². The van der Waals surface area contributed by atoms with Gasteiger partial charge in [0.1, 0.15) is 5.76 Å². The third-order valence-corrected chi connectivity index (χ3v) is 5.41. The number of furan rings is 1. The van der Waals surface area contributed by atoms with Gasteiger partial charge in [-0.25, -0.2) is 0 Å². The van der Waals surface area contributed by atoms with Gasteiger partial charge in [-0.05, 0) is 38.8 Å². The molecule has 3 N–H and O–H groups in total. The molecule has 1 heterocycles. The van der Waals surface area contributed by atoms with E-state index in [0.29, 0.717) is 35.4 Å². The molecule has 0 bridgehead atoms. The lowest BCUT2D eigenvalue weighted by atomic mass is 9.93. The summed E-state index contributed by atoms with van der Waals surface area (Å²) in [5.74, 6) is 0.0679. The molecule has 1 aliphatic rings. The van der Waals surface area contributed by atoms with Crippen LogP contribution in [0.2, 0.25) is 0 Å². The lowest BCUT2D eigenvalue weighted by Crippen LogP contribution is -2.22. The average molecular weight is 361 g/mol. The van der Waals surface area contributed by atoms with E-state index in [0.717, 1.165) is 12.0 Å². The van der Waals surface area contributed by atoms with E-state index in [1.54, 1.807) is 19.1 Å². The highest BCUT2D eigenvalue weighted by atomic mass is 32.2. The van der Waals surface area contributed by atoms with Crippen LogP contribution in [0, 0.1) is 13.8 Å². The van der Waals surface area contributed by atoms with E-state index in [2.05, 4.69) is 9.93 Å². The van der Waals surface area contributed by atoms with Crippen molar-refractivity contribution < 1.29 is 17.6 Å². The minimum atomic E-state index is -3.76. The van der Waals surface area contributed by atoms with Crippen LogP contribution < -0.4 is 10.6 Å². The number of nitrogens with zero attached hydrogens (tertiary/aromatic N) is 1. The number of hydrogen-bond donors (Lipinski definition) is 2. The summed E-state index contributed by atoms with van der Waals surface area (Å²) < 4.78 is 30.3. The first-order chi connectivity index (χ1) is 11.8. The van der Waals surface area contributed by atoms with Crippen LogP contribution in [-0.4, -0.2) is 20.0 Å². The number of nitrogens with one attached hydrogen (secondary N) is 1. The van der Waals surface area contributed by atoms with Crippen LogP contribution in [0.25, 0.3) is 0 Å². The zero-order valence-corrected chi connectivity index (χ0v) is 14.8. The molecule has 1 aromatic heterocycles. The van der Waals surface area contributed by atoms with Gasteiger partial charge in [0, 0.05) is 17.5 Å². The molecule has 7 nitrogen and oxygen atoms in total. The molecule has 0 radical (unpaired) electrons. The lowest BCUT2D eigenvalue weighted by Gasteiger charge is -2.14. The number of hydrazone groups is 1. The normalized spacial score (nSPS) is 15.8. The van der Waals surface area contributed by atoms with E-state index in [1.807, 2.05) is 6.92 Å². The SMILES string of the molecule is Cc1ccc(S(=O)(=O)N/N=C2\CCCc3oc(C(N)=O)c(C)c32)cc1. The van der Waals surface area contributed by atoms with Crippen LogP contribution in [0.4, 0.5) is 0 Å². The molecular formula is C17H19N3O4S. The van der Waals surface area contributed by atoms with Gasteiger partial charge >= 0.3 is 0 Å². The van der Waals surface area contributed by atoms with E-state index in [-0.39, 0.29) is 10.7 Å². The first-order valence-corrected chi connectivity index (χ1v) is 9.35. The highest BCUT2D eigenvalue weighted by Gasteiger charge is 2.27. The zero-order chi connectivity index (χ0) is 18.2. The molecule has 1 amide bonds. The lowest BCUT2D eigenvalue weighted by molar-refractivity contribution is 0.0971. The van der Waals surface area contributed by atoms with Crippen molar-refractivity contribution in [2.24, 2.45) is 10.8 Å². The van der Waals surface area contributed by atoms with E-state index >= 15 is 0 Å². The quantitative estimate of drug-likeness (QED) is 0.811. The first kappa shape index (κ1) is 17.2. The van der Waals surface area contributed by atoms with Crippen molar-refractivity contribution in [2.45, 2.75) is 38.0 Å². The number of carbonyl (C=O) groups excluding carboxylic acids is 1. The maximum atomic E-state index is 12.4. The zero-order valence-electron chi connectivity index (χ0n) is 14.0. The first-order valence-electron chi connectivity index (χ1n) is 7.87. The standard InChI is InChI=1S/C17H19N3O4S/c1-10-6-8-12(9-7-10)25(22,23)20-19-13-4-3-5-14-15(13)11(2)16(24-14)17(18)21/h6-9,20H,3-5H2,1-2H3,(H2,18,21)/b19-13+. The summed E-state index contributed by atoms with van der Waals surface area (Å²) in [6.07, 6.45) is 2.00. The van der Waals surface area contributed by atoms with Crippen molar-refractivity contribution in [2.75, 3.05) is 0 Å². The second-order valence-electron chi connectivity index (χ2n) is 6.04. The van der Waals surface area contributed by atoms with E-state index in [9.17, 15) is 13.2 Å². The monoisotopic (exact) mass is 361 g/mol. The number of rotatable bonds is 4. The summed E-state index contributed by atoms with van der Waals surface area (Å²) in [5, 5.41) is 4.10. The van der Waals surface area contributed by atoms with Gasteiger partial charge in [-0.2, -0.15) is 18.4 Å². The van der Waals surface area contributed by atoms with Gasteiger partial charge in [-0.1, -0.05) is 17.7 Å². The fourth-order valence-electron chi connectivity index (χ4n) is 2.90. The second kappa shape index (κ2) is 6.36. The summed E-state index contributed by atoms with van der Waals surface area (Å²) in [4.78, 5) is 13.9. The molecular weight excluding hydrogens is 342 g/mol. The Kier molecular flexibility index (Phi) is 4.38. The van der Waals surface area contributed by atoms with Gasteiger partial charge in [-0.3, -0.25) is 4.79 Å². The number of nitrogens with two attached hydrogens (primary N) is 1. The maximum Gasteiger partial charge on any atom is 0.284 e. The minimum Gasteiger partial charge on any atom is -0.455 e. The Balaban J connectivity index is 1.94. The molecule has 2 aromatic rings. The summed E-state index contributed by atoms with van der Waals surface area (Å²) in [7, 11) is -3.76.